The summed E-state index contributed by atoms with van der Waals surface area (Å²) in [6, 6.07) is 2.94. The Balaban J connectivity index is 3.28. The first-order valence-electron chi connectivity index (χ1n) is 9.35. The molecule has 0 aliphatic heterocycles. The molecule has 1 aromatic carbocycles. The molecule has 0 aliphatic carbocycles. The molecule has 8 heteroatoms. The lowest BCUT2D eigenvalue weighted by molar-refractivity contribution is -0.385. The Labute approximate surface area is 156 Å². The number of rotatable bonds is 12. The Kier molecular flexibility index (Phi) is 9.01. The average Bonchev–Trinajstić information content (AvgIpc) is 2.57. The fourth-order valence-corrected chi connectivity index (χ4v) is 3.98. The normalized spacial score (nSPS) is 12.8. The topological polar surface area (TPSA) is 115 Å². The lowest BCUT2D eigenvalue weighted by Gasteiger charge is -2.19. The smallest absolute Gasteiger partial charge is 0.297 e. The zero-order chi connectivity index (χ0) is 19.7. The molecule has 0 aliphatic rings. The van der Waals surface area contributed by atoms with E-state index in [2.05, 4.69) is 12.2 Å². The quantitative estimate of drug-likeness (QED) is 0.311. The van der Waals surface area contributed by atoms with Crippen LogP contribution in [0.15, 0.2) is 17.0 Å². The van der Waals surface area contributed by atoms with Gasteiger partial charge < -0.3 is 5.32 Å². The molecule has 26 heavy (non-hydrogen) atoms. The lowest BCUT2D eigenvalue weighted by atomic mass is 9.89. The van der Waals surface area contributed by atoms with E-state index >= 15 is 0 Å². The van der Waals surface area contributed by atoms with Gasteiger partial charge in [0.15, 0.2) is 0 Å². The number of nitro benzene ring substituents is 1. The first-order valence-corrected chi connectivity index (χ1v) is 10.9. The molecular formula is C18H31N3O4S. The number of nitrogens with two attached hydrogens (primary N) is 1. The number of benzene rings is 1. The number of anilines is 1. The van der Waals surface area contributed by atoms with Gasteiger partial charge in [-0.1, -0.05) is 52.0 Å². The second-order valence-electron chi connectivity index (χ2n) is 6.52. The van der Waals surface area contributed by atoms with Gasteiger partial charge in [0.1, 0.15) is 10.6 Å². The van der Waals surface area contributed by atoms with Gasteiger partial charge in [-0.2, -0.15) is 0 Å². The van der Waals surface area contributed by atoms with Crippen LogP contribution in [-0.2, 0) is 10.0 Å². The molecule has 0 radical (unpaired) electrons. The summed E-state index contributed by atoms with van der Waals surface area (Å²) in [5, 5.41) is 19.8. The number of nitrogens with zero attached hydrogens (tertiary/aromatic N) is 1. The number of unbranched alkanes of at least 4 members (excludes halogenated alkanes) is 4. The third kappa shape index (κ3) is 5.95. The molecule has 0 saturated carbocycles. The first-order chi connectivity index (χ1) is 12.3. The highest BCUT2D eigenvalue weighted by Crippen LogP contribution is 2.40. The van der Waals surface area contributed by atoms with Gasteiger partial charge in [-0.15, -0.1) is 0 Å². The van der Waals surface area contributed by atoms with Gasteiger partial charge in [0.2, 0.25) is 10.0 Å². The molecule has 0 spiro atoms. The summed E-state index contributed by atoms with van der Waals surface area (Å²) in [5.74, 6) is 0.0176. The molecule has 1 aromatic rings. The molecule has 0 fully saturated rings. The minimum atomic E-state index is -4.06. The van der Waals surface area contributed by atoms with E-state index in [1.54, 1.807) is 13.0 Å². The minimum Gasteiger partial charge on any atom is -0.379 e. The molecule has 0 heterocycles. The van der Waals surface area contributed by atoms with Crippen molar-refractivity contribution in [3.8, 4) is 0 Å². The Morgan fingerprint density at radius 2 is 1.81 bits per heavy atom. The van der Waals surface area contributed by atoms with E-state index in [0.29, 0.717) is 12.1 Å². The third-order valence-electron chi connectivity index (χ3n) is 4.60. The predicted octanol–water partition coefficient (Wildman–Crippen LogP) is 4.53. The van der Waals surface area contributed by atoms with Gasteiger partial charge in [0.25, 0.3) is 5.69 Å². The van der Waals surface area contributed by atoms with Crippen LogP contribution in [0.2, 0.25) is 0 Å². The van der Waals surface area contributed by atoms with Crippen molar-refractivity contribution in [1.82, 2.24) is 0 Å². The summed E-state index contributed by atoms with van der Waals surface area (Å²) in [5.41, 5.74) is 0.414. The summed E-state index contributed by atoms with van der Waals surface area (Å²) >= 11 is 0. The summed E-state index contributed by atoms with van der Waals surface area (Å²) in [6.45, 7) is 6.28. The zero-order valence-electron chi connectivity index (χ0n) is 16.0. The third-order valence-corrected chi connectivity index (χ3v) is 5.56. The number of sulfonamides is 1. The van der Waals surface area contributed by atoms with Crippen molar-refractivity contribution in [3.05, 3.63) is 27.8 Å². The van der Waals surface area contributed by atoms with Gasteiger partial charge in [0.05, 0.1) is 4.92 Å². The van der Waals surface area contributed by atoms with Gasteiger partial charge in [0, 0.05) is 12.1 Å². The van der Waals surface area contributed by atoms with Crippen LogP contribution in [0.4, 0.5) is 11.4 Å². The van der Waals surface area contributed by atoms with E-state index in [-0.39, 0.29) is 22.2 Å². The Morgan fingerprint density at radius 3 is 2.31 bits per heavy atom. The number of nitrogens with one attached hydrogen (secondary N) is 1. The number of hydrogen-bond acceptors (Lipinski definition) is 5. The van der Waals surface area contributed by atoms with Crippen molar-refractivity contribution >= 4 is 21.4 Å². The maximum Gasteiger partial charge on any atom is 0.297 e. The monoisotopic (exact) mass is 385 g/mol. The summed E-state index contributed by atoms with van der Waals surface area (Å²) < 4.78 is 23.7. The average molecular weight is 386 g/mol. The Morgan fingerprint density at radius 1 is 1.15 bits per heavy atom. The van der Waals surface area contributed by atoms with E-state index < -0.39 is 14.9 Å². The van der Waals surface area contributed by atoms with Crippen LogP contribution < -0.4 is 10.5 Å². The first kappa shape index (κ1) is 22.4. The maximum absolute atomic E-state index is 11.8. The van der Waals surface area contributed by atoms with Crippen LogP contribution in [0.25, 0.3) is 0 Å². The fraction of sp³-hybridized carbons (Fsp3) is 0.667. The number of primary sulfonamides is 1. The summed E-state index contributed by atoms with van der Waals surface area (Å²) in [4.78, 5) is 11.0. The molecule has 1 atom stereocenters. The maximum atomic E-state index is 11.8. The van der Waals surface area contributed by atoms with Crippen molar-refractivity contribution in [3.63, 3.8) is 0 Å². The zero-order valence-corrected chi connectivity index (χ0v) is 16.8. The largest absolute Gasteiger partial charge is 0.379 e. The highest BCUT2D eigenvalue weighted by atomic mass is 32.2. The molecule has 148 valence electrons. The standard InChI is InChI=1S/C18H31N3O4S/c1-4-7-8-9-10-11-14(5-2)15-12-13-16(26(19,24)25)17(20-6-3)18(15)21(22)23/h12-14,20H,4-11H2,1-3H3,(H2,19,24,25). The van der Waals surface area contributed by atoms with Crippen LogP contribution >= 0.6 is 0 Å². The molecule has 0 amide bonds. The summed E-state index contributed by atoms with van der Waals surface area (Å²) in [6.07, 6.45) is 7.25. The fourth-order valence-electron chi connectivity index (χ4n) is 3.27. The van der Waals surface area contributed by atoms with Crippen molar-refractivity contribution in [2.45, 2.75) is 76.5 Å². The van der Waals surface area contributed by atoms with Crippen LogP contribution in [0.5, 0.6) is 0 Å². The molecular weight excluding hydrogens is 354 g/mol. The Hall–Kier alpha value is -1.67. The van der Waals surface area contributed by atoms with Gasteiger partial charge in [-0.25, -0.2) is 13.6 Å². The second-order valence-corrected chi connectivity index (χ2v) is 8.05. The van der Waals surface area contributed by atoms with Crippen molar-refractivity contribution in [2.24, 2.45) is 5.14 Å². The molecule has 1 unspecified atom stereocenters. The van der Waals surface area contributed by atoms with Gasteiger partial charge in [-0.3, -0.25) is 10.1 Å². The highest BCUT2D eigenvalue weighted by Gasteiger charge is 2.30. The highest BCUT2D eigenvalue weighted by molar-refractivity contribution is 7.89. The number of hydrogen-bond donors (Lipinski definition) is 2. The SMILES string of the molecule is CCCCCCCC(CC)c1ccc(S(N)(=O)=O)c(NCC)c1[N+](=O)[O-]. The van der Waals surface area contributed by atoms with E-state index in [1.807, 2.05) is 6.92 Å². The molecule has 0 bridgehead atoms. The van der Waals surface area contributed by atoms with E-state index in [9.17, 15) is 18.5 Å². The van der Waals surface area contributed by atoms with Gasteiger partial charge >= 0.3 is 0 Å². The predicted molar refractivity (Wildman–Crippen MR) is 105 cm³/mol. The van der Waals surface area contributed by atoms with Crippen molar-refractivity contribution in [2.75, 3.05) is 11.9 Å². The van der Waals surface area contributed by atoms with Crippen LogP contribution in [0.1, 0.15) is 77.2 Å². The molecule has 0 saturated heterocycles. The molecule has 0 aromatic heterocycles. The van der Waals surface area contributed by atoms with Crippen molar-refractivity contribution in [1.29, 1.82) is 0 Å². The minimum absolute atomic E-state index is 0.00179. The van der Waals surface area contributed by atoms with Crippen LogP contribution in [0, 0.1) is 10.1 Å². The second kappa shape index (κ2) is 10.5. The Bertz CT molecular complexity index is 705. The van der Waals surface area contributed by atoms with E-state index in [4.69, 9.17) is 5.14 Å². The lowest BCUT2D eigenvalue weighted by Crippen LogP contribution is -2.17. The molecule has 3 N–H and O–H groups in total. The van der Waals surface area contributed by atoms with E-state index in [1.165, 1.54) is 25.3 Å². The van der Waals surface area contributed by atoms with Crippen LogP contribution in [-0.4, -0.2) is 19.9 Å². The number of nitro groups is 1. The van der Waals surface area contributed by atoms with E-state index in [0.717, 1.165) is 25.7 Å². The molecule has 1 rings (SSSR count). The van der Waals surface area contributed by atoms with Gasteiger partial charge in [-0.05, 0) is 31.7 Å². The molecule has 7 nitrogen and oxygen atoms in total. The van der Waals surface area contributed by atoms with Crippen molar-refractivity contribution < 1.29 is 13.3 Å². The summed E-state index contributed by atoms with van der Waals surface area (Å²) in [7, 11) is -4.06. The van der Waals surface area contributed by atoms with Crippen LogP contribution in [0.3, 0.4) is 0 Å².